The molecule has 0 saturated heterocycles. The van der Waals surface area contributed by atoms with E-state index in [1.165, 1.54) is 0 Å². The number of nitrogens with one attached hydrogen (secondary N) is 2. The summed E-state index contributed by atoms with van der Waals surface area (Å²) >= 11 is 0. The fourth-order valence-corrected chi connectivity index (χ4v) is 4.32. The highest BCUT2D eigenvalue weighted by Gasteiger charge is 2.12. The summed E-state index contributed by atoms with van der Waals surface area (Å²) in [6, 6.07) is 16.7. The second-order valence-corrected chi connectivity index (χ2v) is 8.88. The third-order valence-electron chi connectivity index (χ3n) is 6.18. The van der Waals surface area contributed by atoms with E-state index < -0.39 is 0 Å². The van der Waals surface area contributed by atoms with Crippen molar-refractivity contribution in [2.75, 3.05) is 26.2 Å². The Hall–Kier alpha value is -3.71. The Bertz CT molecular complexity index is 1150. The number of phenols is 1. The third-order valence-corrected chi connectivity index (χ3v) is 6.18. The average molecular weight is 473 g/mol. The van der Waals surface area contributed by atoms with E-state index in [2.05, 4.69) is 26.6 Å². The summed E-state index contributed by atoms with van der Waals surface area (Å²) in [5.41, 5.74) is 4.15. The number of hydrogen-bond donors (Lipinski definition) is 3. The minimum Gasteiger partial charge on any atom is -0.507 e. The van der Waals surface area contributed by atoms with E-state index >= 15 is 0 Å². The first kappa shape index (κ1) is 24.4. The Kier molecular flexibility index (Phi) is 8.46. The Balaban J connectivity index is 1.50. The molecular formula is C28H32N4O3. The largest absolute Gasteiger partial charge is 0.507 e. The van der Waals surface area contributed by atoms with Crippen molar-refractivity contribution in [1.29, 1.82) is 0 Å². The fourth-order valence-electron chi connectivity index (χ4n) is 4.32. The second kappa shape index (κ2) is 12.1. The van der Waals surface area contributed by atoms with Gasteiger partial charge >= 0.3 is 0 Å². The predicted molar refractivity (Wildman–Crippen MR) is 136 cm³/mol. The van der Waals surface area contributed by atoms with E-state index in [1.807, 2.05) is 36.5 Å². The number of fused-ring (bicyclic) bond motifs is 5. The summed E-state index contributed by atoms with van der Waals surface area (Å²) in [4.78, 5) is 31.7. The molecular weight excluding hydrogens is 440 g/mol. The van der Waals surface area contributed by atoms with Crippen LogP contribution in [0.2, 0.25) is 0 Å². The molecule has 0 unspecified atom stereocenters. The summed E-state index contributed by atoms with van der Waals surface area (Å²) in [6.07, 6.45) is 6.30. The monoisotopic (exact) mass is 472 g/mol. The van der Waals surface area contributed by atoms with Crippen molar-refractivity contribution >= 4 is 11.8 Å². The van der Waals surface area contributed by atoms with Gasteiger partial charge in [-0.2, -0.15) is 0 Å². The summed E-state index contributed by atoms with van der Waals surface area (Å²) < 4.78 is 0. The molecule has 1 aliphatic heterocycles. The number of hydrogen-bond acceptors (Lipinski definition) is 5. The van der Waals surface area contributed by atoms with Crippen molar-refractivity contribution in [3.63, 3.8) is 0 Å². The molecule has 4 rings (SSSR count). The number of benzene rings is 2. The van der Waals surface area contributed by atoms with Gasteiger partial charge in [-0.05, 0) is 72.8 Å². The number of carbonyl (C=O) groups is 2. The van der Waals surface area contributed by atoms with Gasteiger partial charge in [-0.1, -0.05) is 24.3 Å². The van der Waals surface area contributed by atoms with E-state index in [0.29, 0.717) is 37.1 Å². The van der Waals surface area contributed by atoms with E-state index in [1.54, 1.807) is 24.4 Å². The molecule has 1 aliphatic rings. The van der Waals surface area contributed by atoms with Crippen LogP contribution in [0.5, 0.6) is 5.75 Å². The van der Waals surface area contributed by atoms with Crippen LogP contribution in [0.1, 0.15) is 40.7 Å². The summed E-state index contributed by atoms with van der Waals surface area (Å²) in [5, 5.41) is 16.5. The third kappa shape index (κ3) is 7.13. The molecule has 3 aromatic rings. The van der Waals surface area contributed by atoms with Crippen LogP contribution in [-0.2, 0) is 17.8 Å². The van der Waals surface area contributed by atoms with Crippen LogP contribution in [-0.4, -0.2) is 53.0 Å². The van der Waals surface area contributed by atoms with Gasteiger partial charge in [-0.25, -0.2) is 0 Å². The normalized spacial score (nSPS) is 16.3. The highest BCUT2D eigenvalue weighted by molar-refractivity contribution is 5.95. The van der Waals surface area contributed by atoms with E-state index in [-0.39, 0.29) is 17.6 Å². The lowest BCUT2D eigenvalue weighted by atomic mass is 9.98. The maximum atomic E-state index is 12.8. The van der Waals surface area contributed by atoms with Crippen molar-refractivity contribution < 1.29 is 14.7 Å². The zero-order valence-electron chi connectivity index (χ0n) is 19.9. The van der Waals surface area contributed by atoms with Crippen molar-refractivity contribution in [2.24, 2.45) is 0 Å². The van der Waals surface area contributed by atoms with Gasteiger partial charge in [0, 0.05) is 56.1 Å². The number of pyridine rings is 1. The van der Waals surface area contributed by atoms with Crippen molar-refractivity contribution in [2.45, 2.75) is 32.2 Å². The molecule has 0 saturated carbocycles. The molecule has 7 heteroatoms. The number of amides is 2. The van der Waals surface area contributed by atoms with Gasteiger partial charge < -0.3 is 15.7 Å². The standard InChI is InChI=1S/C28H32N4O3/c33-26-10-9-21-11-14-30-27(34)8-3-15-32(20-22-5-2-12-29-19-22)16-4-13-31-28(35)24-7-1-6-23(18-24)25(26)17-21/h1-2,5-7,9-10,12,17-19,33H,3-4,8,11,13-16,20H2,(H,30,34)(H,31,35). The van der Waals surface area contributed by atoms with Crippen LogP contribution in [0.4, 0.5) is 0 Å². The first-order valence-corrected chi connectivity index (χ1v) is 12.2. The molecule has 0 atom stereocenters. The number of aromatic hydroxyl groups is 1. The summed E-state index contributed by atoms with van der Waals surface area (Å²) in [6.45, 7) is 3.43. The van der Waals surface area contributed by atoms with Crippen molar-refractivity contribution in [1.82, 2.24) is 20.5 Å². The Morgan fingerprint density at radius 2 is 1.74 bits per heavy atom. The number of carbonyl (C=O) groups excluding carboxylic acids is 2. The maximum Gasteiger partial charge on any atom is 0.251 e. The molecule has 182 valence electrons. The molecule has 2 heterocycles. The maximum absolute atomic E-state index is 12.8. The Morgan fingerprint density at radius 1 is 0.886 bits per heavy atom. The quantitative estimate of drug-likeness (QED) is 0.531. The molecule has 0 radical (unpaired) electrons. The highest BCUT2D eigenvalue weighted by atomic mass is 16.3. The zero-order valence-corrected chi connectivity index (χ0v) is 19.9. The van der Waals surface area contributed by atoms with Crippen molar-refractivity contribution in [3.8, 4) is 16.9 Å². The molecule has 0 spiro atoms. The number of rotatable bonds is 2. The van der Waals surface area contributed by atoms with Crippen LogP contribution >= 0.6 is 0 Å². The SMILES string of the molecule is O=C1CCCN(Cc2cccnc2)CCCNC(=O)c2cccc(c2)-c2cc(ccc2O)CCN1. The van der Waals surface area contributed by atoms with Crippen LogP contribution in [0.3, 0.4) is 0 Å². The number of phenolic OH excluding ortho intramolecular Hbond substituents is 1. The van der Waals surface area contributed by atoms with Gasteiger partial charge in [0.05, 0.1) is 0 Å². The van der Waals surface area contributed by atoms with Crippen molar-refractivity contribution in [3.05, 3.63) is 83.7 Å². The van der Waals surface area contributed by atoms with Crippen LogP contribution in [0.25, 0.3) is 11.1 Å². The lowest BCUT2D eigenvalue weighted by Crippen LogP contribution is -2.31. The van der Waals surface area contributed by atoms with Gasteiger partial charge in [0.1, 0.15) is 5.75 Å². The van der Waals surface area contributed by atoms with Gasteiger partial charge in [-0.15, -0.1) is 0 Å². The number of aromatic nitrogens is 1. The summed E-state index contributed by atoms with van der Waals surface area (Å²) in [5.74, 6) is 0.0761. The minimum atomic E-state index is -0.131. The molecule has 0 aliphatic carbocycles. The average Bonchev–Trinajstić information content (AvgIpc) is 2.87. The zero-order chi connectivity index (χ0) is 24.5. The van der Waals surface area contributed by atoms with E-state index in [0.717, 1.165) is 49.2 Å². The topological polar surface area (TPSA) is 94.6 Å². The first-order chi connectivity index (χ1) is 17.1. The molecule has 1 aromatic heterocycles. The molecule has 0 fully saturated rings. The molecule has 35 heavy (non-hydrogen) atoms. The minimum absolute atomic E-state index is 0.0446. The number of nitrogens with zero attached hydrogens (tertiary/aromatic N) is 2. The lowest BCUT2D eigenvalue weighted by Gasteiger charge is -2.22. The van der Waals surface area contributed by atoms with Crippen LogP contribution in [0, 0.1) is 0 Å². The van der Waals surface area contributed by atoms with Crippen LogP contribution < -0.4 is 10.6 Å². The molecule has 2 aromatic carbocycles. The molecule has 4 bridgehead atoms. The fraction of sp³-hybridized carbons (Fsp3) is 0.321. The lowest BCUT2D eigenvalue weighted by molar-refractivity contribution is -0.121. The Morgan fingerprint density at radius 3 is 2.60 bits per heavy atom. The predicted octanol–water partition coefficient (Wildman–Crippen LogP) is 3.53. The van der Waals surface area contributed by atoms with E-state index in [9.17, 15) is 14.7 Å². The van der Waals surface area contributed by atoms with Gasteiger partial charge in [0.25, 0.3) is 5.91 Å². The van der Waals surface area contributed by atoms with Gasteiger partial charge in [0.2, 0.25) is 5.91 Å². The van der Waals surface area contributed by atoms with Gasteiger partial charge in [-0.3, -0.25) is 19.5 Å². The first-order valence-electron chi connectivity index (χ1n) is 12.2. The smallest absolute Gasteiger partial charge is 0.251 e. The molecule has 2 amide bonds. The second-order valence-electron chi connectivity index (χ2n) is 8.88. The molecule has 3 N–H and O–H groups in total. The van der Waals surface area contributed by atoms with Gasteiger partial charge in [0.15, 0.2) is 0 Å². The highest BCUT2D eigenvalue weighted by Crippen LogP contribution is 2.30. The van der Waals surface area contributed by atoms with E-state index in [4.69, 9.17) is 0 Å². The van der Waals surface area contributed by atoms with Crippen LogP contribution in [0.15, 0.2) is 67.0 Å². The Labute approximate surface area is 206 Å². The molecule has 7 nitrogen and oxygen atoms in total. The summed E-state index contributed by atoms with van der Waals surface area (Å²) in [7, 11) is 0.